The highest BCUT2D eigenvalue weighted by atomic mass is 16.5. The van der Waals surface area contributed by atoms with Crippen molar-refractivity contribution in [2.24, 2.45) is 17.8 Å². The van der Waals surface area contributed by atoms with E-state index in [1.165, 1.54) is 76.2 Å². The van der Waals surface area contributed by atoms with Gasteiger partial charge in [0.1, 0.15) is 5.75 Å². The van der Waals surface area contributed by atoms with E-state index in [0.29, 0.717) is 6.61 Å². The highest BCUT2D eigenvalue weighted by Crippen LogP contribution is 2.44. The average Bonchev–Trinajstić information content (AvgIpc) is 2.81. The van der Waals surface area contributed by atoms with Gasteiger partial charge in [0.15, 0.2) is 0 Å². The molecule has 0 bridgehead atoms. The van der Waals surface area contributed by atoms with Crippen LogP contribution in [-0.2, 0) is 0 Å². The minimum Gasteiger partial charge on any atom is -0.494 e. The van der Waals surface area contributed by atoms with Crippen LogP contribution in [0.2, 0.25) is 0 Å². The fourth-order valence-electron chi connectivity index (χ4n) is 5.96. The lowest BCUT2D eigenvalue weighted by Crippen LogP contribution is -2.25. The molecular formula is C28H46O2. The van der Waals surface area contributed by atoms with Gasteiger partial charge in [0.2, 0.25) is 0 Å². The summed E-state index contributed by atoms with van der Waals surface area (Å²) < 4.78 is 5.90. The summed E-state index contributed by atoms with van der Waals surface area (Å²) in [5, 5.41) is 8.82. The van der Waals surface area contributed by atoms with Gasteiger partial charge < -0.3 is 9.84 Å². The molecule has 2 aliphatic rings. The van der Waals surface area contributed by atoms with E-state index in [0.717, 1.165) is 61.7 Å². The molecule has 3 rings (SSSR count). The van der Waals surface area contributed by atoms with E-state index in [1.54, 1.807) is 0 Å². The van der Waals surface area contributed by atoms with Crippen LogP contribution in [0.15, 0.2) is 24.3 Å². The highest BCUT2D eigenvalue weighted by Gasteiger charge is 2.31. The molecule has 2 heteroatoms. The molecule has 0 heterocycles. The quantitative estimate of drug-likeness (QED) is 0.352. The van der Waals surface area contributed by atoms with Crippen LogP contribution in [0.3, 0.4) is 0 Å². The molecule has 30 heavy (non-hydrogen) atoms. The summed E-state index contributed by atoms with van der Waals surface area (Å²) in [6, 6.07) is 8.97. The summed E-state index contributed by atoms with van der Waals surface area (Å²) >= 11 is 0. The number of aliphatic hydroxyl groups excluding tert-OH is 1. The number of ether oxygens (including phenoxy) is 1. The van der Waals surface area contributed by atoms with Crippen molar-refractivity contribution in [1.82, 2.24) is 0 Å². The Labute approximate surface area is 185 Å². The zero-order valence-corrected chi connectivity index (χ0v) is 19.5. The molecule has 0 spiro atoms. The molecule has 170 valence electrons. The predicted molar refractivity (Wildman–Crippen MR) is 127 cm³/mol. The van der Waals surface area contributed by atoms with Gasteiger partial charge in [-0.3, -0.25) is 0 Å². The molecule has 0 unspecified atom stereocenters. The summed E-state index contributed by atoms with van der Waals surface area (Å²) in [7, 11) is 0. The molecule has 2 aliphatic carbocycles. The maximum Gasteiger partial charge on any atom is 0.119 e. The Hall–Kier alpha value is -1.02. The summed E-state index contributed by atoms with van der Waals surface area (Å²) in [5.41, 5.74) is 1.52. The first-order valence-electron chi connectivity index (χ1n) is 13.1. The van der Waals surface area contributed by atoms with Crippen LogP contribution < -0.4 is 4.74 Å². The number of hydrogen-bond donors (Lipinski definition) is 1. The summed E-state index contributed by atoms with van der Waals surface area (Å²) in [5.74, 6) is 4.83. The standard InChI is InChI=1S/C28H46O2/c1-2-3-8-23-9-11-24(12-10-23)25-13-15-26(16-14-25)27-17-19-28(20-18-27)30-22-7-5-4-6-21-29/h17-20,23-26,29H,2-16,21-22H2,1H3. The Bertz CT molecular complexity index is 551. The van der Waals surface area contributed by atoms with Gasteiger partial charge in [-0.05, 0) is 99.2 Å². The molecule has 1 N–H and O–H groups in total. The third-order valence-corrected chi connectivity index (χ3v) is 7.97. The van der Waals surface area contributed by atoms with Crippen LogP contribution in [0.5, 0.6) is 5.75 Å². The molecule has 0 amide bonds. The van der Waals surface area contributed by atoms with Crippen molar-refractivity contribution in [2.75, 3.05) is 13.2 Å². The van der Waals surface area contributed by atoms with Gasteiger partial charge in [0, 0.05) is 6.61 Å². The second kappa shape index (κ2) is 13.4. The Morgan fingerprint density at radius 1 is 0.767 bits per heavy atom. The van der Waals surface area contributed by atoms with Gasteiger partial charge in [-0.1, -0.05) is 57.6 Å². The maximum absolute atomic E-state index is 8.82. The van der Waals surface area contributed by atoms with Crippen molar-refractivity contribution in [1.29, 1.82) is 0 Å². The third kappa shape index (κ3) is 7.59. The van der Waals surface area contributed by atoms with Crippen molar-refractivity contribution < 1.29 is 9.84 Å². The molecule has 0 aliphatic heterocycles. The average molecular weight is 415 g/mol. The fraction of sp³-hybridized carbons (Fsp3) is 0.786. The normalized spacial score (nSPS) is 27.1. The van der Waals surface area contributed by atoms with Gasteiger partial charge in [0.25, 0.3) is 0 Å². The van der Waals surface area contributed by atoms with Crippen LogP contribution in [0, 0.1) is 17.8 Å². The molecule has 1 aromatic carbocycles. The number of rotatable bonds is 12. The molecule has 2 saturated carbocycles. The molecular weight excluding hydrogens is 368 g/mol. The van der Waals surface area contributed by atoms with Crippen LogP contribution in [0.4, 0.5) is 0 Å². The van der Waals surface area contributed by atoms with Crippen LogP contribution in [0.25, 0.3) is 0 Å². The van der Waals surface area contributed by atoms with Gasteiger partial charge >= 0.3 is 0 Å². The third-order valence-electron chi connectivity index (χ3n) is 7.97. The minimum absolute atomic E-state index is 0.310. The lowest BCUT2D eigenvalue weighted by atomic mass is 9.68. The number of hydrogen-bond acceptors (Lipinski definition) is 2. The first-order valence-corrected chi connectivity index (χ1v) is 13.1. The van der Waals surface area contributed by atoms with Crippen molar-refractivity contribution >= 4 is 0 Å². The van der Waals surface area contributed by atoms with Gasteiger partial charge in [-0.15, -0.1) is 0 Å². The van der Waals surface area contributed by atoms with E-state index in [-0.39, 0.29) is 0 Å². The molecule has 1 aromatic rings. The first-order chi connectivity index (χ1) is 14.8. The Kier molecular flexibility index (Phi) is 10.6. The van der Waals surface area contributed by atoms with Crippen molar-refractivity contribution in [3.63, 3.8) is 0 Å². The van der Waals surface area contributed by atoms with Crippen molar-refractivity contribution in [3.05, 3.63) is 29.8 Å². The predicted octanol–water partition coefficient (Wildman–Crippen LogP) is 7.89. The van der Waals surface area contributed by atoms with Crippen LogP contribution >= 0.6 is 0 Å². The monoisotopic (exact) mass is 414 g/mol. The molecule has 0 atom stereocenters. The van der Waals surface area contributed by atoms with Gasteiger partial charge in [-0.2, -0.15) is 0 Å². The van der Waals surface area contributed by atoms with Crippen molar-refractivity contribution in [3.8, 4) is 5.75 Å². The topological polar surface area (TPSA) is 29.5 Å². The largest absolute Gasteiger partial charge is 0.494 e. The van der Waals surface area contributed by atoms with Gasteiger partial charge in [0.05, 0.1) is 6.61 Å². The fourth-order valence-corrected chi connectivity index (χ4v) is 5.96. The Morgan fingerprint density at radius 2 is 1.40 bits per heavy atom. The smallest absolute Gasteiger partial charge is 0.119 e. The van der Waals surface area contributed by atoms with Crippen LogP contribution in [-0.4, -0.2) is 18.3 Å². The molecule has 0 aromatic heterocycles. The van der Waals surface area contributed by atoms with E-state index in [1.807, 2.05) is 0 Å². The van der Waals surface area contributed by atoms with Gasteiger partial charge in [-0.25, -0.2) is 0 Å². The number of benzene rings is 1. The Morgan fingerprint density at radius 3 is 2.03 bits per heavy atom. The Balaban J connectivity index is 1.34. The van der Waals surface area contributed by atoms with Crippen LogP contribution in [0.1, 0.15) is 115 Å². The lowest BCUT2D eigenvalue weighted by Gasteiger charge is -2.38. The zero-order valence-electron chi connectivity index (χ0n) is 19.5. The maximum atomic E-state index is 8.82. The summed E-state index contributed by atoms with van der Waals surface area (Å²) in [4.78, 5) is 0. The SMILES string of the molecule is CCCCC1CCC(C2CCC(c3ccc(OCCCCCCO)cc3)CC2)CC1. The summed E-state index contributed by atoms with van der Waals surface area (Å²) in [6.07, 6.45) is 20.2. The van der Waals surface area contributed by atoms with E-state index in [4.69, 9.17) is 9.84 Å². The van der Waals surface area contributed by atoms with Crippen molar-refractivity contribution in [2.45, 2.75) is 109 Å². The first kappa shape index (κ1) is 23.6. The second-order valence-electron chi connectivity index (χ2n) is 10.1. The summed E-state index contributed by atoms with van der Waals surface area (Å²) in [6.45, 7) is 3.42. The molecule has 2 fully saturated rings. The second-order valence-corrected chi connectivity index (χ2v) is 10.1. The number of aliphatic hydroxyl groups is 1. The molecule has 0 radical (unpaired) electrons. The lowest BCUT2D eigenvalue weighted by molar-refractivity contribution is 0.156. The minimum atomic E-state index is 0.310. The highest BCUT2D eigenvalue weighted by molar-refractivity contribution is 5.29. The zero-order chi connectivity index (χ0) is 21.0. The van der Waals surface area contributed by atoms with E-state index in [2.05, 4.69) is 31.2 Å². The number of unbranched alkanes of at least 4 members (excludes halogenated alkanes) is 4. The molecule has 0 saturated heterocycles. The van der Waals surface area contributed by atoms with E-state index < -0.39 is 0 Å². The molecule has 2 nitrogen and oxygen atoms in total. The van der Waals surface area contributed by atoms with E-state index >= 15 is 0 Å². The van der Waals surface area contributed by atoms with E-state index in [9.17, 15) is 0 Å².